The predicted octanol–water partition coefficient (Wildman–Crippen LogP) is 3.32. The Morgan fingerprint density at radius 1 is 1.36 bits per heavy atom. The molecule has 2 aliphatic heterocycles. The normalized spacial score (nSPS) is 26.9. The van der Waals surface area contributed by atoms with Gasteiger partial charge in [0, 0.05) is 48.2 Å². The number of rotatable bonds is 5. The van der Waals surface area contributed by atoms with E-state index < -0.39 is 0 Å². The molecule has 4 heterocycles. The fourth-order valence-corrected chi connectivity index (χ4v) is 5.05. The molecule has 0 unspecified atom stereocenters. The molecule has 2 atom stereocenters. The number of likely N-dealkylation sites (N-methyl/N-ethyl adjacent to an activating group) is 1. The van der Waals surface area contributed by atoms with Gasteiger partial charge in [-0.05, 0) is 51.1 Å². The van der Waals surface area contributed by atoms with Crippen LogP contribution in [0.4, 0.5) is 0 Å². The first-order chi connectivity index (χ1) is 12.1. The minimum Gasteiger partial charge on any atom is -0.372 e. The first-order valence-corrected chi connectivity index (χ1v) is 9.95. The fraction of sp³-hybridized carbons (Fsp3) is 0.550. The molecule has 4 nitrogen and oxygen atoms in total. The van der Waals surface area contributed by atoms with Gasteiger partial charge in [0.25, 0.3) is 0 Å². The van der Waals surface area contributed by atoms with Crippen LogP contribution in [-0.2, 0) is 17.8 Å². The van der Waals surface area contributed by atoms with Gasteiger partial charge in [0.15, 0.2) is 0 Å². The van der Waals surface area contributed by atoms with Crippen LogP contribution in [0.2, 0.25) is 0 Å². The molecule has 2 aromatic rings. The second-order valence-electron chi connectivity index (χ2n) is 7.56. The SMILES string of the molecule is Cc1ccc(CN2CC[C@@]3(C[C@@H](N(C)Cc4ccccn4)CO3)C2)s1. The van der Waals surface area contributed by atoms with Crippen LogP contribution in [0.15, 0.2) is 36.5 Å². The average Bonchev–Trinajstić information content (AvgIpc) is 3.31. The molecule has 0 radical (unpaired) electrons. The first kappa shape index (κ1) is 17.2. The average molecular weight is 358 g/mol. The van der Waals surface area contributed by atoms with Crippen LogP contribution in [0.25, 0.3) is 0 Å². The van der Waals surface area contributed by atoms with Crippen molar-refractivity contribution in [3.05, 3.63) is 52.0 Å². The highest BCUT2D eigenvalue weighted by molar-refractivity contribution is 7.11. The highest BCUT2D eigenvalue weighted by Crippen LogP contribution is 2.37. The van der Waals surface area contributed by atoms with Crippen LogP contribution in [0.3, 0.4) is 0 Å². The van der Waals surface area contributed by atoms with Crippen molar-refractivity contribution in [3.63, 3.8) is 0 Å². The van der Waals surface area contributed by atoms with Crippen molar-refractivity contribution in [1.29, 1.82) is 0 Å². The van der Waals surface area contributed by atoms with Gasteiger partial charge in [-0.25, -0.2) is 0 Å². The van der Waals surface area contributed by atoms with Gasteiger partial charge in [-0.2, -0.15) is 0 Å². The van der Waals surface area contributed by atoms with Crippen molar-refractivity contribution in [2.45, 2.75) is 44.5 Å². The van der Waals surface area contributed by atoms with E-state index in [1.807, 2.05) is 23.6 Å². The highest BCUT2D eigenvalue weighted by Gasteiger charge is 2.46. The maximum atomic E-state index is 6.35. The summed E-state index contributed by atoms with van der Waals surface area (Å²) in [4.78, 5) is 12.3. The minimum absolute atomic E-state index is 0.0648. The molecule has 0 saturated carbocycles. The summed E-state index contributed by atoms with van der Waals surface area (Å²) in [5, 5.41) is 0. The van der Waals surface area contributed by atoms with Crippen molar-refractivity contribution in [3.8, 4) is 0 Å². The van der Waals surface area contributed by atoms with Gasteiger partial charge in [0.1, 0.15) is 0 Å². The Hall–Kier alpha value is -1.27. The molecule has 1 spiro atoms. The molecule has 0 bridgehead atoms. The third-order valence-electron chi connectivity index (χ3n) is 5.52. The minimum atomic E-state index is 0.0648. The van der Waals surface area contributed by atoms with Gasteiger partial charge in [0.2, 0.25) is 0 Å². The van der Waals surface area contributed by atoms with Crippen LogP contribution in [-0.4, -0.2) is 53.2 Å². The number of aryl methyl sites for hydroxylation is 1. The molecule has 0 amide bonds. The van der Waals surface area contributed by atoms with Crippen LogP contribution in [0, 0.1) is 6.92 Å². The Bertz CT molecular complexity index is 704. The van der Waals surface area contributed by atoms with E-state index in [0.717, 1.165) is 51.3 Å². The third-order valence-corrected chi connectivity index (χ3v) is 6.51. The van der Waals surface area contributed by atoms with Crippen molar-refractivity contribution < 1.29 is 4.74 Å². The zero-order valence-electron chi connectivity index (χ0n) is 15.1. The van der Waals surface area contributed by atoms with Gasteiger partial charge in [0.05, 0.1) is 17.9 Å². The van der Waals surface area contributed by atoms with Gasteiger partial charge in [-0.15, -0.1) is 11.3 Å². The lowest BCUT2D eigenvalue weighted by Crippen LogP contribution is -2.36. The molecule has 2 aliphatic rings. The van der Waals surface area contributed by atoms with E-state index in [-0.39, 0.29) is 5.60 Å². The topological polar surface area (TPSA) is 28.6 Å². The predicted molar refractivity (Wildman–Crippen MR) is 102 cm³/mol. The Morgan fingerprint density at radius 3 is 3.04 bits per heavy atom. The maximum Gasteiger partial charge on any atom is 0.0837 e. The molecular formula is C20H27N3OS. The summed E-state index contributed by atoms with van der Waals surface area (Å²) in [5.74, 6) is 0. The number of aromatic nitrogens is 1. The monoisotopic (exact) mass is 357 g/mol. The number of nitrogens with zero attached hydrogens (tertiary/aromatic N) is 3. The summed E-state index contributed by atoms with van der Waals surface area (Å²) < 4.78 is 6.35. The van der Waals surface area contributed by atoms with Crippen LogP contribution < -0.4 is 0 Å². The zero-order valence-corrected chi connectivity index (χ0v) is 16.0. The summed E-state index contributed by atoms with van der Waals surface area (Å²) in [7, 11) is 2.20. The van der Waals surface area contributed by atoms with Crippen LogP contribution in [0.5, 0.6) is 0 Å². The molecular weight excluding hydrogens is 330 g/mol. The van der Waals surface area contributed by atoms with Crippen molar-refractivity contribution >= 4 is 11.3 Å². The van der Waals surface area contributed by atoms with Gasteiger partial charge in [-0.3, -0.25) is 14.8 Å². The number of ether oxygens (including phenoxy) is 1. The quantitative estimate of drug-likeness (QED) is 0.821. The standard InChI is InChI=1S/C20H27N3OS/c1-16-6-7-19(25-16)13-23-10-8-20(15-23)11-18(14-24-20)22(2)12-17-5-3-4-9-21-17/h3-7,9,18H,8,10-15H2,1-2H3/t18-,20-/m1/s1. The highest BCUT2D eigenvalue weighted by atomic mass is 32.1. The summed E-state index contributed by atoms with van der Waals surface area (Å²) in [5.41, 5.74) is 1.20. The largest absolute Gasteiger partial charge is 0.372 e. The fourth-order valence-electron chi connectivity index (χ4n) is 4.12. The molecule has 4 rings (SSSR count). The molecule has 25 heavy (non-hydrogen) atoms. The molecule has 0 aliphatic carbocycles. The zero-order chi connectivity index (χ0) is 17.3. The van der Waals surface area contributed by atoms with Gasteiger partial charge < -0.3 is 4.74 Å². The molecule has 2 aromatic heterocycles. The Balaban J connectivity index is 1.32. The molecule has 134 valence electrons. The molecule has 2 saturated heterocycles. The maximum absolute atomic E-state index is 6.35. The van der Waals surface area contributed by atoms with E-state index in [1.54, 1.807) is 0 Å². The lowest BCUT2D eigenvalue weighted by atomic mass is 9.96. The number of pyridine rings is 1. The smallest absolute Gasteiger partial charge is 0.0837 e. The van der Waals surface area contributed by atoms with E-state index in [0.29, 0.717) is 6.04 Å². The Morgan fingerprint density at radius 2 is 2.28 bits per heavy atom. The Kier molecular flexibility index (Phi) is 4.91. The summed E-state index contributed by atoms with van der Waals surface area (Å²) in [6.45, 7) is 7.20. The summed E-state index contributed by atoms with van der Waals surface area (Å²) in [6, 6.07) is 11.1. The van der Waals surface area contributed by atoms with Crippen molar-refractivity contribution in [1.82, 2.24) is 14.8 Å². The number of hydrogen-bond acceptors (Lipinski definition) is 5. The summed E-state index contributed by atoms with van der Waals surface area (Å²) in [6.07, 6.45) is 4.17. The van der Waals surface area contributed by atoms with E-state index in [2.05, 4.69) is 53.0 Å². The van der Waals surface area contributed by atoms with Gasteiger partial charge in [-0.1, -0.05) is 6.07 Å². The van der Waals surface area contributed by atoms with E-state index in [4.69, 9.17) is 4.74 Å². The second kappa shape index (κ2) is 7.16. The lowest BCUT2D eigenvalue weighted by Gasteiger charge is -2.26. The second-order valence-corrected chi connectivity index (χ2v) is 8.93. The summed E-state index contributed by atoms with van der Waals surface area (Å²) >= 11 is 1.91. The van der Waals surface area contributed by atoms with E-state index in [9.17, 15) is 0 Å². The lowest BCUT2D eigenvalue weighted by molar-refractivity contribution is 0.0103. The first-order valence-electron chi connectivity index (χ1n) is 9.14. The van der Waals surface area contributed by atoms with Crippen molar-refractivity contribution in [2.24, 2.45) is 0 Å². The van der Waals surface area contributed by atoms with Crippen LogP contribution >= 0.6 is 11.3 Å². The third kappa shape index (κ3) is 3.95. The molecule has 0 N–H and O–H groups in total. The number of hydrogen-bond donors (Lipinski definition) is 0. The number of likely N-dealkylation sites (tertiary alicyclic amines) is 1. The van der Waals surface area contributed by atoms with Crippen molar-refractivity contribution in [2.75, 3.05) is 26.7 Å². The molecule has 2 fully saturated rings. The number of thiophene rings is 1. The van der Waals surface area contributed by atoms with E-state index in [1.165, 1.54) is 9.75 Å². The van der Waals surface area contributed by atoms with Crippen LogP contribution in [0.1, 0.15) is 28.3 Å². The van der Waals surface area contributed by atoms with E-state index >= 15 is 0 Å². The molecule has 0 aromatic carbocycles. The Labute approximate surface area is 154 Å². The molecule has 5 heteroatoms. The van der Waals surface area contributed by atoms with Gasteiger partial charge >= 0.3 is 0 Å².